The van der Waals surface area contributed by atoms with Crippen molar-refractivity contribution in [3.8, 4) is 11.3 Å². The van der Waals surface area contributed by atoms with E-state index in [4.69, 9.17) is 0 Å². The van der Waals surface area contributed by atoms with Gasteiger partial charge in [-0.25, -0.2) is 9.37 Å². The third kappa shape index (κ3) is 4.16. The maximum absolute atomic E-state index is 13.2. The van der Waals surface area contributed by atoms with E-state index in [1.807, 2.05) is 6.92 Å². The van der Waals surface area contributed by atoms with Gasteiger partial charge in [0, 0.05) is 17.9 Å². The number of aromatic nitrogens is 3. The molecule has 3 aromatic rings. The van der Waals surface area contributed by atoms with Crippen LogP contribution >= 0.6 is 23.1 Å². The fourth-order valence-electron chi connectivity index (χ4n) is 2.63. The van der Waals surface area contributed by atoms with Gasteiger partial charge in [0.25, 0.3) is 0 Å². The number of thioether (sulfide) groups is 1. The van der Waals surface area contributed by atoms with Crippen LogP contribution in [0, 0.1) is 12.7 Å². The molecule has 0 radical (unpaired) electrons. The van der Waals surface area contributed by atoms with Gasteiger partial charge in [0.2, 0.25) is 0 Å². The zero-order valence-corrected chi connectivity index (χ0v) is 16.3. The van der Waals surface area contributed by atoms with Crippen molar-refractivity contribution in [1.29, 1.82) is 0 Å². The van der Waals surface area contributed by atoms with Crippen molar-refractivity contribution in [2.75, 3.05) is 25.4 Å². The molecule has 0 fully saturated rings. The smallest absolute Gasteiger partial charge is 0.146 e. The van der Waals surface area contributed by atoms with Gasteiger partial charge in [0.15, 0.2) is 0 Å². The lowest BCUT2D eigenvalue weighted by Crippen LogP contribution is -2.25. The van der Waals surface area contributed by atoms with Crippen molar-refractivity contribution in [2.24, 2.45) is 0 Å². The van der Waals surface area contributed by atoms with Gasteiger partial charge in [-0.1, -0.05) is 13.8 Å². The fraction of sp³-hybridized carbons (Fsp3) is 0.389. The molecule has 25 heavy (non-hydrogen) atoms. The summed E-state index contributed by atoms with van der Waals surface area (Å²) in [4.78, 5) is 7.05. The van der Waals surface area contributed by atoms with Crippen LogP contribution in [-0.2, 0) is 0 Å². The predicted molar refractivity (Wildman–Crippen MR) is 104 cm³/mol. The summed E-state index contributed by atoms with van der Waals surface area (Å²) in [5, 5.41) is 10.7. The monoisotopic (exact) mass is 376 g/mol. The van der Waals surface area contributed by atoms with E-state index in [0.717, 1.165) is 56.9 Å². The van der Waals surface area contributed by atoms with E-state index >= 15 is 0 Å². The van der Waals surface area contributed by atoms with Gasteiger partial charge in [-0.2, -0.15) is 0 Å². The molecule has 0 aliphatic heterocycles. The lowest BCUT2D eigenvalue weighted by molar-refractivity contribution is 0.324. The van der Waals surface area contributed by atoms with Crippen LogP contribution in [0.1, 0.15) is 18.9 Å². The molecule has 1 aromatic carbocycles. The number of hydrogen-bond acceptors (Lipinski definition) is 6. The number of fused-ring (bicyclic) bond motifs is 1. The van der Waals surface area contributed by atoms with Crippen LogP contribution in [0.2, 0.25) is 0 Å². The Morgan fingerprint density at radius 3 is 2.52 bits per heavy atom. The van der Waals surface area contributed by atoms with Crippen LogP contribution in [0.25, 0.3) is 21.5 Å². The van der Waals surface area contributed by atoms with Crippen LogP contribution < -0.4 is 0 Å². The highest BCUT2D eigenvalue weighted by molar-refractivity contribution is 7.99. The standard InChI is InChI=1S/C18H21FN4S2/c1-4-23(5-2)10-11-24-18-16-17(25-12(3)20-16)15(21-22-18)13-6-8-14(19)9-7-13/h6-9H,4-5,10-11H2,1-3H3. The van der Waals surface area contributed by atoms with E-state index < -0.39 is 0 Å². The Balaban J connectivity index is 1.89. The zero-order valence-electron chi connectivity index (χ0n) is 14.6. The maximum Gasteiger partial charge on any atom is 0.146 e. The highest BCUT2D eigenvalue weighted by Crippen LogP contribution is 2.35. The van der Waals surface area contributed by atoms with E-state index in [-0.39, 0.29) is 5.82 Å². The van der Waals surface area contributed by atoms with E-state index in [1.165, 1.54) is 12.1 Å². The Morgan fingerprint density at radius 2 is 1.84 bits per heavy atom. The van der Waals surface area contributed by atoms with Gasteiger partial charge in [-0.15, -0.1) is 33.3 Å². The minimum absolute atomic E-state index is 0.253. The molecule has 132 valence electrons. The summed E-state index contributed by atoms with van der Waals surface area (Å²) in [6.45, 7) is 9.46. The normalized spacial score (nSPS) is 11.6. The fourth-order valence-corrected chi connectivity index (χ4v) is 4.54. The number of benzene rings is 1. The Labute approximate surface area is 155 Å². The highest BCUT2D eigenvalue weighted by Gasteiger charge is 2.16. The summed E-state index contributed by atoms with van der Waals surface area (Å²) in [6.07, 6.45) is 0. The Kier molecular flexibility index (Phi) is 5.98. The van der Waals surface area contributed by atoms with Crippen molar-refractivity contribution in [3.63, 3.8) is 0 Å². The molecule has 7 heteroatoms. The van der Waals surface area contributed by atoms with Gasteiger partial charge in [0.1, 0.15) is 22.1 Å². The molecule has 0 atom stereocenters. The minimum Gasteiger partial charge on any atom is -0.303 e. The molecule has 0 N–H and O–H groups in total. The van der Waals surface area contributed by atoms with Gasteiger partial charge in [-0.3, -0.25) is 0 Å². The quantitative estimate of drug-likeness (QED) is 0.562. The van der Waals surface area contributed by atoms with Crippen molar-refractivity contribution in [3.05, 3.63) is 35.1 Å². The Hall–Kier alpha value is -1.57. The van der Waals surface area contributed by atoms with Gasteiger partial charge in [-0.05, 0) is 44.3 Å². The van der Waals surface area contributed by atoms with Crippen LogP contribution in [0.15, 0.2) is 29.3 Å². The number of hydrogen-bond donors (Lipinski definition) is 0. The van der Waals surface area contributed by atoms with E-state index in [1.54, 1.807) is 35.2 Å². The molecule has 0 saturated heterocycles. The summed E-state index contributed by atoms with van der Waals surface area (Å²) in [7, 11) is 0. The van der Waals surface area contributed by atoms with E-state index in [0.29, 0.717) is 0 Å². The Bertz CT molecular complexity index is 844. The third-order valence-electron chi connectivity index (χ3n) is 4.05. The van der Waals surface area contributed by atoms with Crippen molar-refractivity contribution in [2.45, 2.75) is 25.8 Å². The lowest BCUT2D eigenvalue weighted by Gasteiger charge is -2.17. The predicted octanol–water partition coefficient (Wildman–Crippen LogP) is 4.63. The molecule has 2 heterocycles. The average Bonchev–Trinajstić information content (AvgIpc) is 3.01. The largest absolute Gasteiger partial charge is 0.303 e. The second-order valence-electron chi connectivity index (χ2n) is 5.65. The van der Waals surface area contributed by atoms with Crippen molar-refractivity contribution < 1.29 is 4.39 Å². The van der Waals surface area contributed by atoms with Crippen LogP contribution in [0.4, 0.5) is 4.39 Å². The second-order valence-corrected chi connectivity index (χ2v) is 7.93. The number of rotatable bonds is 7. The molecule has 0 aliphatic carbocycles. The second kappa shape index (κ2) is 8.21. The summed E-state index contributed by atoms with van der Waals surface area (Å²) in [5.74, 6) is 0.704. The summed E-state index contributed by atoms with van der Waals surface area (Å²) in [5.41, 5.74) is 2.54. The molecule has 0 aliphatic rings. The first-order valence-electron chi connectivity index (χ1n) is 8.37. The average molecular weight is 377 g/mol. The molecular weight excluding hydrogens is 355 g/mol. The summed E-state index contributed by atoms with van der Waals surface area (Å²) >= 11 is 3.31. The van der Waals surface area contributed by atoms with Crippen LogP contribution in [-0.4, -0.2) is 45.5 Å². The lowest BCUT2D eigenvalue weighted by atomic mass is 10.1. The first-order valence-corrected chi connectivity index (χ1v) is 10.2. The maximum atomic E-state index is 13.2. The molecule has 0 bridgehead atoms. The topological polar surface area (TPSA) is 41.9 Å². The molecule has 3 rings (SSSR count). The minimum atomic E-state index is -0.253. The molecular formula is C18H21FN4S2. The van der Waals surface area contributed by atoms with Crippen LogP contribution in [0.3, 0.4) is 0 Å². The summed E-state index contributed by atoms with van der Waals surface area (Å²) in [6, 6.07) is 6.37. The number of aryl methyl sites for hydroxylation is 1. The van der Waals surface area contributed by atoms with Gasteiger partial charge < -0.3 is 4.90 Å². The first kappa shape index (κ1) is 18.2. The molecule has 0 saturated carbocycles. The van der Waals surface area contributed by atoms with E-state index in [2.05, 4.69) is 33.9 Å². The molecule has 2 aromatic heterocycles. The molecule has 4 nitrogen and oxygen atoms in total. The van der Waals surface area contributed by atoms with Gasteiger partial charge >= 0.3 is 0 Å². The first-order chi connectivity index (χ1) is 12.1. The van der Waals surface area contributed by atoms with Crippen molar-refractivity contribution in [1.82, 2.24) is 20.1 Å². The van der Waals surface area contributed by atoms with Gasteiger partial charge in [0.05, 0.1) is 9.71 Å². The number of thiazole rings is 1. The summed E-state index contributed by atoms with van der Waals surface area (Å²) < 4.78 is 14.2. The van der Waals surface area contributed by atoms with Crippen molar-refractivity contribution >= 4 is 33.3 Å². The van der Waals surface area contributed by atoms with E-state index in [9.17, 15) is 4.39 Å². The third-order valence-corrected chi connectivity index (χ3v) is 5.96. The molecule has 0 amide bonds. The highest BCUT2D eigenvalue weighted by atomic mass is 32.2. The molecule has 0 unspecified atom stereocenters. The number of nitrogens with zero attached hydrogens (tertiary/aromatic N) is 4. The zero-order chi connectivity index (χ0) is 17.8. The SMILES string of the molecule is CCN(CC)CCSc1nnc(-c2ccc(F)cc2)c2sc(C)nc12. The molecule has 0 spiro atoms. The Morgan fingerprint density at radius 1 is 1.12 bits per heavy atom. The van der Waals surface area contributed by atoms with Crippen LogP contribution in [0.5, 0.6) is 0 Å². The number of halogens is 1.